The molecule has 2 N–H and O–H groups in total. The molecule has 0 bridgehead atoms. The van der Waals surface area contributed by atoms with E-state index in [-0.39, 0.29) is 5.75 Å². The summed E-state index contributed by atoms with van der Waals surface area (Å²) in [5, 5.41) is 12.5. The van der Waals surface area contributed by atoms with Gasteiger partial charge in [-0.05, 0) is 32.0 Å². The van der Waals surface area contributed by atoms with Gasteiger partial charge >= 0.3 is 6.61 Å². The lowest BCUT2D eigenvalue weighted by atomic mass is 10.1. The molecule has 6 heteroatoms. The second-order valence-electron chi connectivity index (χ2n) is 4.55. The van der Waals surface area contributed by atoms with Crippen molar-refractivity contribution in [2.24, 2.45) is 0 Å². The Bertz CT molecular complexity index is 394. The van der Waals surface area contributed by atoms with Gasteiger partial charge in [-0.25, -0.2) is 0 Å². The van der Waals surface area contributed by atoms with E-state index < -0.39 is 12.2 Å². The molecule has 0 spiro atoms. The predicted octanol–water partition coefficient (Wildman–Crippen LogP) is 2.91. The van der Waals surface area contributed by atoms with E-state index in [0.29, 0.717) is 18.7 Å². The molecule has 18 heavy (non-hydrogen) atoms. The molecule has 0 heterocycles. The van der Waals surface area contributed by atoms with E-state index in [4.69, 9.17) is 0 Å². The van der Waals surface area contributed by atoms with E-state index in [9.17, 15) is 13.9 Å². The van der Waals surface area contributed by atoms with Crippen molar-refractivity contribution in [1.29, 1.82) is 0 Å². The lowest BCUT2D eigenvalue weighted by molar-refractivity contribution is -0.0505. The van der Waals surface area contributed by atoms with Crippen LogP contribution in [0.1, 0.15) is 19.4 Å². The highest BCUT2D eigenvalue weighted by Gasteiger charge is 2.13. The molecule has 102 valence electrons. The molecule has 1 aromatic carbocycles. The Kier molecular flexibility index (Phi) is 5.49. The van der Waals surface area contributed by atoms with Gasteiger partial charge in [-0.1, -0.05) is 15.9 Å². The van der Waals surface area contributed by atoms with E-state index in [1.165, 1.54) is 6.07 Å². The average Bonchev–Trinajstić information content (AvgIpc) is 2.19. The number of ether oxygens (including phenoxy) is 1. The first-order chi connectivity index (χ1) is 8.28. The monoisotopic (exact) mass is 323 g/mol. The van der Waals surface area contributed by atoms with Crippen molar-refractivity contribution >= 4 is 15.9 Å². The van der Waals surface area contributed by atoms with Crippen molar-refractivity contribution < 1.29 is 18.6 Å². The average molecular weight is 324 g/mol. The number of hydrogen-bond donors (Lipinski definition) is 2. The molecule has 0 radical (unpaired) electrons. The standard InChI is InChI=1S/C12H16BrF2NO2/c1-12(2,17)7-16-6-8-5-9(13)3-4-10(8)18-11(14)15/h3-5,11,16-17H,6-7H2,1-2H3. The highest BCUT2D eigenvalue weighted by atomic mass is 79.9. The zero-order valence-corrected chi connectivity index (χ0v) is 11.8. The smallest absolute Gasteiger partial charge is 0.387 e. The van der Waals surface area contributed by atoms with Gasteiger partial charge in [0.1, 0.15) is 5.75 Å². The maximum atomic E-state index is 12.2. The molecule has 0 fully saturated rings. The first kappa shape index (κ1) is 15.3. The lowest BCUT2D eigenvalue weighted by Gasteiger charge is -2.18. The summed E-state index contributed by atoms with van der Waals surface area (Å²) < 4.78 is 29.6. The number of rotatable bonds is 6. The number of nitrogens with one attached hydrogen (secondary N) is 1. The molecule has 1 rings (SSSR count). The quantitative estimate of drug-likeness (QED) is 0.845. The SMILES string of the molecule is CC(C)(O)CNCc1cc(Br)ccc1OC(F)F. The molecule has 0 aliphatic carbocycles. The van der Waals surface area contributed by atoms with Crippen LogP contribution < -0.4 is 10.1 Å². The molecular weight excluding hydrogens is 308 g/mol. The summed E-state index contributed by atoms with van der Waals surface area (Å²) in [6.45, 7) is 1.17. The first-order valence-corrected chi connectivity index (χ1v) is 6.23. The Morgan fingerprint density at radius 2 is 2.11 bits per heavy atom. The first-order valence-electron chi connectivity index (χ1n) is 5.44. The molecule has 0 atom stereocenters. The largest absolute Gasteiger partial charge is 0.434 e. The number of alkyl halides is 2. The van der Waals surface area contributed by atoms with Gasteiger partial charge in [0.15, 0.2) is 0 Å². The van der Waals surface area contributed by atoms with Gasteiger partial charge in [0.05, 0.1) is 5.60 Å². The highest BCUT2D eigenvalue weighted by molar-refractivity contribution is 9.10. The van der Waals surface area contributed by atoms with Gasteiger partial charge in [-0.3, -0.25) is 0 Å². The zero-order valence-electron chi connectivity index (χ0n) is 10.2. The van der Waals surface area contributed by atoms with Crippen molar-refractivity contribution in [2.45, 2.75) is 32.6 Å². The summed E-state index contributed by atoms with van der Waals surface area (Å²) in [6.07, 6.45) is 0. The number of halogens is 3. The summed E-state index contributed by atoms with van der Waals surface area (Å²) >= 11 is 3.27. The fourth-order valence-corrected chi connectivity index (χ4v) is 1.81. The highest BCUT2D eigenvalue weighted by Crippen LogP contribution is 2.24. The van der Waals surface area contributed by atoms with Gasteiger partial charge in [0.2, 0.25) is 0 Å². The third-order valence-electron chi connectivity index (χ3n) is 2.11. The second kappa shape index (κ2) is 6.45. The maximum absolute atomic E-state index is 12.2. The van der Waals surface area contributed by atoms with Crippen molar-refractivity contribution in [3.05, 3.63) is 28.2 Å². The normalized spacial score (nSPS) is 11.9. The maximum Gasteiger partial charge on any atom is 0.387 e. The molecular formula is C12H16BrF2NO2. The number of benzene rings is 1. The van der Waals surface area contributed by atoms with Crippen LogP contribution in [0.25, 0.3) is 0 Å². The van der Waals surface area contributed by atoms with Crippen molar-refractivity contribution in [2.75, 3.05) is 6.54 Å². The zero-order chi connectivity index (χ0) is 13.8. The van der Waals surface area contributed by atoms with Crippen molar-refractivity contribution in [3.63, 3.8) is 0 Å². The third kappa shape index (κ3) is 5.75. The Labute approximate surface area is 113 Å². The molecule has 0 unspecified atom stereocenters. The molecule has 0 amide bonds. The molecule has 0 aliphatic rings. The van der Waals surface area contributed by atoms with E-state index in [1.807, 2.05) is 0 Å². The topological polar surface area (TPSA) is 41.5 Å². The van der Waals surface area contributed by atoms with Crippen molar-refractivity contribution in [1.82, 2.24) is 5.32 Å². The fraction of sp³-hybridized carbons (Fsp3) is 0.500. The van der Waals surface area contributed by atoms with E-state index in [0.717, 1.165) is 4.47 Å². The Balaban J connectivity index is 2.70. The van der Waals surface area contributed by atoms with Gasteiger partial charge in [-0.15, -0.1) is 0 Å². The van der Waals surface area contributed by atoms with E-state index in [2.05, 4.69) is 26.0 Å². The summed E-state index contributed by atoms with van der Waals surface area (Å²) in [5.74, 6) is 0.136. The van der Waals surface area contributed by atoms with Crippen LogP contribution in [-0.4, -0.2) is 23.9 Å². The number of hydrogen-bond acceptors (Lipinski definition) is 3. The lowest BCUT2D eigenvalue weighted by Crippen LogP contribution is -2.34. The Morgan fingerprint density at radius 3 is 2.67 bits per heavy atom. The molecule has 0 saturated heterocycles. The van der Waals surface area contributed by atoms with Crippen LogP contribution in [0.4, 0.5) is 8.78 Å². The minimum absolute atomic E-state index is 0.136. The third-order valence-corrected chi connectivity index (χ3v) is 2.60. The van der Waals surface area contributed by atoms with Crippen molar-refractivity contribution in [3.8, 4) is 5.75 Å². The minimum atomic E-state index is -2.85. The number of aliphatic hydroxyl groups is 1. The minimum Gasteiger partial charge on any atom is -0.434 e. The van der Waals surface area contributed by atoms with Crippen LogP contribution in [-0.2, 0) is 6.54 Å². The van der Waals surface area contributed by atoms with E-state index in [1.54, 1.807) is 26.0 Å². The molecule has 1 aromatic rings. The van der Waals surface area contributed by atoms with E-state index >= 15 is 0 Å². The van der Waals surface area contributed by atoms with Crippen LogP contribution >= 0.6 is 15.9 Å². The Morgan fingerprint density at radius 1 is 1.44 bits per heavy atom. The van der Waals surface area contributed by atoms with Crippen LogP contribution in [0.15, 0.2) is 22.7 Å². The summed E-state index contributed by atoms with van der Waals surface area (Å²) in [7, 11) is 0. The molecule has 0 aromatic heterocycles. The van der Waals surface area contributed by atoms with Gasteiger partial charge in [0, 0.05) is 23.1 Å². The fourth-order valence-electron chi connectivity index (χ4n) is 1.40. The van der Waals surface area contributed by atoms with Gasteiger partial charge in [0.25, 0.3) is 0 Å². The molecule has 3 nitrogen and oxygen atoms in total. The van der Waals surface area contributed by atoms with Gasteiger partial charge < -0.3 is 15.2 Å². The predicted molar refractivity (Wildman–Crippen MR) is 68.8 cm³/mol. The Hall–Kier alpha value is -0.720. The van der Waals surface area contributed by atoms with Crippen LogP contribution in [0.2, 0.25) is 0 Å². The van der Waals surface area contributed by atoms with Crippen LogP contribution in [0.3, 0.4) is 0 Å². The summed E-state index contributed by atoms with van der Waals surface area (Å²) in [4.78, 5) is 0. The van der Waals surface area contributed by atoms with Crippen LogP contribution in [0, 0.1) is 0 Å². The van der Waals surface area contributed by atoms with Crippen LogP contribution in [0.5, 0.6) is 5.75 Å². The second-order valence-corrected chi connectivity index (χ2v) is 5.46. The van der Waals surface area contributed by atoms with Gasteiger partial charge in [-0.2, -0.15) is 8.78 Å². The molecule has 0 aliphatic heterocycles. The summed E-state index contributed by atoms with van der Waals surface area (Å²) in [6, 6.07) is 4.82. The summed E-state index contributed by atoms with van der Waals surface area (Å²) in [5.41, 5.74) is -0.246. The molecule has 0 saturated carbocycles.